The molecule has 1 aliphatic rings. The van der Waals surface area contributed by atoms with Gasteiger partial charge in [0.25, 0.3) is 0 Å². The molecule has 0 bridgehead atoms. The molecule has 6 nitrogen and oxygen atoms in total. The summed E-state index contributed by atoms with van der Waals surface area (Å²) in [6.45, 7) is 4.47. The molecule has 1 aromatic rings. The minimum absolute atomic E-state index is 0.221. The van der Waals surface area contributed by atoms with E-state index in [9.17, 15) is 8.42 Å². The molecule has 1 atom stereocenters. The third-order valence-corrected chi connectivity index (χ3v) is 5.77. The third kappa shape index (κ3) is 3.39. The second-order valence-electron chi connectivity index (χ2n) is 5.41. The zero-order valence-electron chi connectivity index (χ0n) is 12.2. The molecule has 0 aliphatic carbocycles. The van der Waals surface area contributed by atoms with Gasteiger partial charge in [-0.05, 0) is 12.8 Å². The van der Waals surface area contributed by atoms with Crippen LogP contribution in [0.25, 0.3) is 0 Å². The summed E-state index contributed by atoms with van der Waals surface area (Å²) in [6, 6.07) is 1.80. The lowest BCUT2D eigenvalue weighted by molar-refractivity contribution is 0.591. The fourth-order valence-electron chi connectivity index (χ4n) is 2.25. The summed E-state index contributed by atoms with van der Waals surface area (Å²) in [4.78, 5) is 8.81. The van der Waals surface area contributed by atoms with Crippen LogP contribution in [0.5, 0.6) is 0 Å². The first-order chi connectivity index (χ1) is 9.42. The van der Waals surface area contributed by atoms with E-state index in [1.54, 1.807) is 13.1 Å². The van der Waals surface area contributed by atoms with Crippen molar-refractivity contribution in [1.29, 1.82) is 0 Å². The van der Waals surface area contributed by atoms with Crippen molar-refractivity contribution in [2.45, 2.75) is 37.9 Å². The van der Waals surface area contributed by atoms with Crippen molar-refractivity contribution >= 4 is 21.5 Å². The summed E-state index contributed by atoms with van der Waals surface area (Å²) in [7, 11) is -1.12. The Bertz CT molecular complexity index is 572. The first kappa shape index (κ1) is 15.0. The maximum Gasteiger partial charge on any atom is 0.154 e. The highest BCUT2D eigenvalue weighted by Gasteiger charge is 2.30. The van der Waals surface area contributed by atoms with Crippen molar-refractivity contribution in [3.05, 3.63) is 11.9 Å². The molecule has 1 aromatic heterocycles. The van der Waals surface area contributed by atoms with E-state index in [-0.39, 0.29) is 11.2 Å². The molecule has 112 valence electrons. The monoisotopic (exact) mass is 298 g/mol. The largest absolute Gasteiger partial charge is 0.373 e. The zero-order valence-corrected chi connectivity index (χ0v) is 13.0. The van der Waals surface area contributed by atoms with Gasteiger partial charge in [-0.2, -0.15) is 0 Å². The topological polar surface area (TPSA) is 84.0 Å². The number of anilines is 2. The molecular formula is C13H22N4O2S. The van der Waals surface area contributed by atoms with E-state index in [4.69, 9.17) is 0 Å². The highest BCUT2D eigenvalue weighted by molar-refractivity contribution is 7.92. The van der Waals surface area contributed by atoms with Crippen molar-refractivity contribution in [2.24, 2.45) is 0 Å². The van der Waals surface area contributed by atoms with Gasteiger partial charge in [-0.25, -0.2) is 18.4 Å². The molecule has 0 aromatic carbocycles. The lowest BCUT2D eigenvalue weighted by atomic mass is 10.2. The number of sulfone groups is 1. The summed E-state index contributed by atoms with van der Waals surface area (Å²) in [5.41, 5.74) is 0. The number of nitrogens with one attached hydrogen (secondary N) is 2. The summed E-state index contributed by atoms with van der Waals surface area (Å²) >= 11 is 0. The van der Waals surface area contributed by atoms with Crippen LogP contribution in [0.3, 0.4) is 0 Å². The average molecular weight is 298 g/mol. The van der Waals surface area contributed by atoms with E-state index in [0.717, 1.165) is 24.5 Å². The van der Waals surface area contributed by atoms with E-state index in [1.807, 2.05) is 13.8 Å². The smallest absolute Gasteiger partial charge is 0.154 e. The van der Waals surface area contributed by atoms with Crippen molar-refractivity contribution in [3.8, 4) is 0 Å². The SMILES string of the molecule is CNc1cc(NCC2CCCS2(=O)=O)nc(C(C)C)n1. The fraction of sp³-hybridized carbons (Fsp3) is 0.692. The van der Waals surface area contributed by atoms with E-state index in [1.165, 1.54) is 0 Å². The van der Waals surface area contributed by atoms with Gasteiger partial charge in [0.1, 0.15) is 17.5 Å². The summed E-state index contributed by atoms with van der Waals surface area (Å²) in [5.74, 6) is 2.69. The van der Waals surface area contributed by atoms with Crippen LogP contribution in [0.4, 0.5) is 11.6 Å². The lowest BCUT2D eigenvalue weighted by Gasteiger charge is -2.14. The first-order valence-corrected chi connectivity index (χ1v) is 8.66. The van der Waals surface area contributed by atoms with E-state index in [2.05, 4.69) is 20.6 Å². The molecule has 2 N–H and O–H groups in total. The van der Waals surface area contributed by atoms with Gasteiger partial charge >= 0.3 is 0 Å². The Balaban J connectivity index is 2.11. The summed E-state index contributed by atoms with van der Waals surface area (Å²) in [5, 5.41) is 5.85. The van der Waals surface area contributed by atoms with Crippen molar-refractivity contribution in [2.75, 3.05) is 30.0 Å². The van der Waals surface area contributed by atoms with Gasteiger partial charge in [-0.3, -0.25) is 0 Å². The highest BCUT2D eigenvalue weighted by Crippen LogP contribution is 2.21. The second kappa shape index (κ2) is 5.95. The van der Waals surface area contributed by atoms with Gasteiger partial charge in [0.15, 0.2) is 9.84 Å². The maximum atomic E-state index is 11.8. The maximum absolute atomic E-state index is 11.8. The predicted octanol–water partition coefficient (Wildman–Crippen LogP) is 1.63. The molecule has 1 saturated heterocycles. The predicted molar refractivity (Wildman–Crippen MR) is 81.0 cm³/mol. The molecule has 0 spiro atoms. The molecule has 1 aliphatic heterocycles. The molecule has 0 radical (unpaired) electrons. The summed E-state index contributed by atoms with van der Waals surface area (Å²) < 4.78 is 23.6. The van der Waals surface area contributed by atoms with Crippen LogP contribution in [-0.2, 0) is 9.84 Å². The number of nitrogens with zero attached hydrogens (tertiary/aromatic N) is 2. The van der Waals surface area contributed by atoms with Crippen LogP contribution in [0.15, 0.2) is 6.07 Å². The van der Waals surface area contributed by atoms with Gasteiger partial charge in [0, 0.05) is 25.6 Å². The van der Waals surface area contributed by atoms with Crippen molar-refractivity contribution in [1.82, 2.24) is 9.97 Å². The van der Waals surface area contributed by atoms with E-state index in [0.29, 0.717) is 18.1 Å². The van der Waals surface area contributed by atoms with Crippen LogP contribution in [0, 0.1) is 0 Å². The van der Waals surface area contributed by atoms with Crippen molar-refractivity contribution < 1.29 is 8.42 Å². The standard InChI is InChI=1S/C13H22N4O2S/c1-9(2)13-16-11(14-3)7-12(17-13)15-8-10-5-4-6-20(10,18)19/h7,9-10H,4-6,8H2,1-3H3,(H2,14,15,16,17). The molecule has 2 rings (SSSR count). The molecule has 2 heterocycles. The van der Waals surface area contributed by atoms with Crippen LogP contribution < -0.4 is 10.6 Å². The van der Waals surface area contributed by atoms with Gasteiger partial charge < -0.3 is 10.6 Å². The van der Waals surface area contributed by atoms with Crippen LogP contribution in [0.2, 0.25) is 0 Å². The molecule has 1 unspecified atom stereocenters. The molecule has 1 fully saturated rings. The van der Waals surface area contributed by atoms with Crippen LogP contribution in [-0.4, -0.2) is 43.0 Å². The second-order valence-corrected chi connectivity index (χ2v) is 7.81. The quantitative estimate of drug-likeness (QED) is 0.859. The summed E-state index contributed by atoms with van der Waals surface area (Å²) in [6.07, 6.45) is 1.49. The van der Waals surface area contributed by atoms with Crippen LogP contribution >= 0.6 is 0 Å². The molecule has 7 heteroatoms. The Morgan fingerprint density at radius 1 is 1.35 bits per heavy atom. The zero-order chi connectivity index (χ0) is 14.8. The number of aromatic nitrogens is 2. The minimum atomic E-state index is -2.92. The van der Waals surface area contributed by atoms with Crippen molar-refractivity contribution in [3.63, 3.8) is 0 Å². The number of rotatable bonds is 5. The first-order valence-electron chi connectivity index (χ1n) is 6.94. The Morgan fingerprint density at radius 3 is 2.60 bits per heavy atom. The highest BCUT2D eigenvalue weighted by atomic mass is 32.2. The minimum Gasteiger partial charge on any atom is -0.373 e. The normalized spacial score (nSPS) is 21.1. The third-order valence-electron chi connectivity index (χ3n) is 3.49. The van der Waals surface area contributed by atoms with Gasteiger partial charge in [-0.15, -0.1) is 0 Å². The average Bonchev–Trinajstić information content (AvgIpc) is 2.74. The van der Waals surface area contributed by atoms with Crippen LogP contribution in [0.1, 0.15) is 38.4 Å². The Labute approximate surface area is 120 Å². The Kier molecular flexibility index (Phi) is 4.47. The lowest BCUT2D eigenvalue weighted by Crippen LogP contribution is -2.25. The number of hydrogen-bond acceptors (Lipinski definition) is 6. The molecule has 0 saturated carbocycles. The van der Waals surface area contributed by atoms with Gasteiger partial charge in [-0.1, -0.05) is 13.8 Å². The number of hydrogen-bond donors (Lipinski definition) is 2. The molecular weight excluding hydrogens is 276 g/mol. The fourth-order valence-corrected chi connectivity index (χ4v) is 4.01. The van der Waals surface area contributed by atoms with E-state index < -0.39 is 9.84 Å². The van der Waals surface area contributed by atoms with Gasteiger partial charge in [0.05, 0.1) is 11.0 Å². The molecule has 20 heavy (non-hydrogen) atoms. The Hall–Kier alpha value is -1.37. The van der Waals surface area contributed by atoms with Gasteiger partial charge in [0.2, 0.25) is 0 Å². The Morgan fingerprint density at radius 2 is 2.05 bits per heavy atom. The molecule has 0 amide bonds. The van der Waals surface area contributed by atoms with E-state index >= 15 is 0 Å².